The fourth-order valence-corrected chi connectivity index (χ4v) is 2.52. The molecule has 2 aromatic heterocycles. The Hall–Kier alpha value is -2.07. The first-order valence-electron chi connectivity index (χ1n) is 7.09. The van der Waals surface area contributed by atoms with Crippen molar-refractivity contribution >= 4 is 10.9 Å². The normalized spacial score (nSPS) is 11.2. The van der Waals surface area contributed by atoms with E-state index in [1.165, 1.54) is 22.0 Å². The highest BCUT2D eigenvalue weighted by Crippen LogP contribution is 2.18. The molecule has 4 heteroatoms. The molecule has 0 bridgehead atoms. The lowest BCUT2D eigenvalue weighted by Crippen LogP contribution is -2.15. The summed E-state index contributed by atoms with van der Waals surface area (Å²) in [6, 6.07) is 8.47. The summed E-state index contributed by atoms with van der Waals surface area (Å²) in [7, 11) is 0. The molecule has 4 nitrogen and oxygen atoms in total. The third kappa shape index (κ3) is 2.75. The maximum atomic E-state index is 4.03. The molecule has 0 saturated heterocycles. The average molecular weight is 268 g/mol. The van der Waals surface area contributed by atoms with E-state index in [-0.39, 0.29) is 0 Å². The van der Waals surface area contributed by atoms with Crippen molar-refractivity contribution in [2.24, 2.45) is 0 Å². The fourth-order valence-electron chi connectivity index (χ4n) is 2.52. The van der Waals surface area contributed by atoms with E-state index in [1.807, 2.05) is 6.20 Å². The van der Waals surface area contributed by atoms with Gasteiger partial charge in [-0.05, 0) is 37.9 Å². The number of hydrogen-bond acceptors (Lipinski definition) is 2. The number of aromatic amines is 2. The Balaban J connectivity index is 1.47. The minimum atomic E-state index is 0.885. The number of aromatic nitrogens is 3. The molecule has 0 saturated carbocycles. The number of aryl methyl sites for hydroxylation is 2. The van der Waals surface area contributed by atoms with Crippen LogP contribution in [0.4, 0.5) is 0 Å². The van der Waals surface area contributed by atoms with Gasteiger partial charge in [-0.25, -0.2) is 0 Å². The smallest absolute Gasteiger partial charge is 0.0535 e. The Morgan fingerprint density at radius 3 is 2.95 bits per heavy atom. The zero-order chi connectivity index (χ0) is 13.8. The molecule has 0 aliphatic rings. The van der Waals surface area contributed by atoms with Gasteiger partial charge in [0.05, 0.1) is 6.20 Å². The van der Waals surface area contributed by atoms with Crippen molar-refractivity contribution < 1.29 is 0 Å². The number of fused-ring (bicyclic) bond motifs is 1. The number of para-hydroxylation sites is 1. The van der Waals surface area contributed by atoms with Gasteiger partial charge in [0.25, 0.3) is 0 Å². The third-order valence-corrected chi connectivity index (χ3v) is 3.72. The zero-order valence-corrected chi connectivity index (χ0v) is 11.7. The highest BCUT2D eigenvalue weighted by Gasteiger charge is 2.03. The monoisotopic (exact) mass is 268 g/mol. The Bertz CT molecular complexity index is 680. The van der Waals surface area contributed by atoms with Gasteiger partial charge in [-0.2, -0.15) is 5.10 Å². The Morgan fingerprint density at radius 2 is 2.10 bits per heavy atom. The lowest BCUT2D eigenvalue weighted by Gasteiger charge is -2.04. The minimum Gasteiger partial charge on any atom is -0.361 e. The van der Waals surface area contributed by atoms with Gasteiger partial charge in [-0.3, -0.25) is 5.10 Å². The van der Waals surface area contributed by atoms with Crippen molar-refractivity contribution in [2.75, 3.05) is 6.54 Å². The lowest BCUT2D eigenvalue weighted by molar-refractivity contribution is 0.649. The number of hydrogen-bond donors (Lipinski definition) is 3. The molecule has 104 valence electrons. The standard InChI is InChI=1S/C16H20N4/c1-12-14(11-19-20-12)9-17-8-4-5-13-10-18-16-7-3-2-6-15(13)16/h2-3,6-7,10-11,17-18H,4-5,8-9H2,1H3,(H,19,20). The van der Waals surface area contributed by atoms with Gasteiger partial charge < -0.3 is 10.3 Å². The van der Waals surface area contributed by atoms with Gasteiger partial charge >= 0.3 is 0 Å². The molecule has 0 aliphatic carbocycles. The third-order valence-electron chi connectivity index (χ3n) is 3.72. The van der Waals surface area contributed by atoms with Crippen LogP contribution in [0.5, 0.6) is 0 Å². The molecule has 0 amide bonds. The van der Waals surface area contributed by atoms with E-state index >= 15 is 0 Å². The van der Waals surface area contributed by atoms with Crippen LogP contribution in [0, 0.1) is 6.92 Å². The molecule has 0 aliphatic heterocycles. The zero-order valence-electron chi connectivity index (χ0n) is 11.7. The predicted molar refractivity (Wildman–Crippen MR) is 81.7 cm³/mol. The van der Waals surface area contributed by atoms with Crippen molar-refractivity contribution in [3.8, 4) is 0 Å². The first-order chi connectivity index (χ1) is 9.84. The molecule has 0 radical (unpaired) electrons. The van der Waals surface area contributed by atoms with Crippen LogP contribution in [0.25, 0.3) is 10.9 Å². The van der Waals surface area contributed by atoms with Crippen LogP contribution in [-0.4, -0.2) is 21.7 Å². The van der Waals surface area contributed by atoms with Gasteiger partial charge in [-0.15, -0.1) is 0 Å². The van der Waals surface area contributed by atoms with E-state index < -0.39 is 0 Å². The highest BCUT2D eigenvalue weighted by atomic mass is 15.1. The van der Waals surface area contributed by atoms with Crippen LogP contribution in [0.3, 0.4) is 0 Å². The Morgan fingerprint density at radius 1 is 1.20 bits per heavy atom. The molecule has 3 N–H and O–H groups in total. The molecule has 0 unspecified atom stereocenters. The maximum Gasteiger partial charge on any atom is 0.0535 e. The van der Waals surface area contributed by atoms with Crippen LogP contribution in [-0.2, 0) is 13.0 Å². The summed E-state index contributed by atoms with van der Waals surface area (Å²) >= 11 is 0. The molecule has 2 heterocycles. The number of benzene rings is 1. The Labute approximate surface area is 118 Å². The largest absolute Gasteiger partial charge is 0.361 e. The van der Waals surface area contributed by atoms with Gasteiger partial charge in [0.1, 0.15) is 0 Å². The van der Waals surface area contributed by atoms with Crippen LogP contribution in [0.15, 0.2) is 36.7 Å². The number of nitrogens with one attached hydrogen (secondary N) is 3. The van der Waals surface area contributed by atoms with Crippen molar-refractivity contribution in [2.45, 2.75) is 26.3 Å². The fraction of sp³-hybridized carbons (Fsp3) is 0.312. The summed E-state index contributed by atoms with van der Waals surface area (Å²) in [5, 5.41) is 11.8. The minimum absolute atomic E-state index is 0.885. The molecule has 0 spiro atoms. The van der Waals surface area contributed by atoms with Crippen molar-refractivity contribution in [3.05, 3.63) is 53.5 Å². The molecule has 20 heavy (non-hydrogen) atoms. The molecular formula is C16H20N4. The molecule has 1 aromatic carbocycles. The summed E-state index contributed by atoms with van der Waals surface area (Å²) in [6.07, 6.45) is 6.26. The second kappa shape index (κ2) is 5.92. The molecule has 0 fully saturated rings. The molecule has 0 atom stereocenters. The van der Waals surface area contributed by atoms with Crippen LogP contribution in [0.1, 0.15) is 23.2 Å². The quantitative estimate of drug-likeness (QED) is 0.602. The second-order valence-electron chi connectivity index (χ2n) is 5.16. The predicted octanol–water partition coefficient (Wildman–Crippen LogP) is 2.92. The van der Waals surface area contributed by atoms with E-state index in [0.29, 0.717) is 0 Å². The summed E-state index contributed by atoms with van der Waals surface area (Å²) in [5.41, 5.74) is 5.03. The van der Waals surface area contributed by atoms with E-state index in [0.717, 1.165) is 31.6 Å². The van der Waals surface area contributed by atoms with Crippen LogP contribution >= 0.6 is 0 Å². The van der Waals surface area contributed by atoms with Crippen LogP contribution in [0.2, 0.25) is 0 Å². The number of nitrogens with zero attached hydrogens (tertiary/aromatic N) is 1. The highest BCUT2D eigenvalue weighted by molar-refractivity contribution is 5.82. The lowest BCUT2D eigenvalue weighted by atomic mass is 10.1. The number of rotatable bonds is 6. The topological polar surface area (TPSA) is 56.5 Å². The van der Waals surface area contributed by atoms with E-state index in [4.69, 9.17) is 0 Å². The van der Waals surface area contributed by atoms with Crippen molar-refractivity contribution in [1.29, 1.82) is 0 Å². The maximum absolute atomic E-state index is 4.03. The van der Waals surface area contributed by atoms with E-state index in [9.17, 15) is 0 Å². The van der Waals surface area contributed by atoms with E-state index in [1.54, 1.807) is 0 Å². The van der Waals surface area contributed by atoms with Crippen molar-refractivity contribution in [1.82, 2.24) is 20.5 Å². The van der Waals surface area contributed by atoms with Gasteiger partial charge in [0.2, 0.25) is 0 Å². The molecular weight excluding hydrogens is 248 g/mol. The summed E-state index contributed by atoms with van der Waals surface area (Å²) in [5.74, 6) is 0. The van der Waals surface area contributed by atoms with Crippen LogP contribution < -0.4 is 5.32 Å². The summed E-state index contributed by atoms with van der Waals surface area (Å²) in [4.78, 5) is 3.33. The molecule has 3 aromatic rings. The second-order valence-corrected chi connectivity index (χ2v) is 5.16. The van der Waals surface area contributed by atoms with E-state index in [2.05, 4.69) is 57.9 Å². The first kappa shape index (κ1) is 12.9. The Kier molecular flexibility index (Phi) is 3.83. The molecule has 3 rings (SSSR count). The van der Waals surface area contributed by atoms with Gasteiger partial charge in [-0.1, -0.05) is 18.2 Å². The number of H-pyrrole nitrogens is 2. The van der Waals surface area contributed by atoms with Gasteiger partial charge in [0, 0.05) is 34.9 Å². The first-order valence-corrected chi connectivity index (χ1v) is 7.09. The summed E-state index contributed by atoms with van der Waals surface area (Å²) in [6.45, 7) is 3.95. The van der Waals surface area contributed by atoms with Gasteiger partial charge in [0.15, 0.2) is 0 Å². The summed E-state index contributed by atoms with van der Waals surface area (Å²) < 4.78 is 0. The van der Waals surface area contributed by atoms with Crippen molar-refractivity contribution in [3.63, 3.8) is 0 Å². The SMILES string of the molecule is Cc1[nH]ncc1CNCCCc1c[nH]c2ccccc12. The average Bonchev–Trinajstić information content (AvgIpc) is 3.06.